The van der Waals surface area contributed by atoms with E-state index in [2.05, 4.69) is 32.2 Å². The highest BCUT2D eigenvalue weighted by atomic mass is 35.5. The summed E-state index contributed by atoms with van der Waals surface area (Å²) in [7, 11) is 1.71. The van der Waals surface area contributed by atoms with Crippen LogP contribution in [-0.2, 0) is 6.54 Å². The molecule has 0 aromatic heterocycles. The molecule has 0 radical (unpaired) electrons. The molecule has 1 aromatic rings. The smallest absolute Gasteiger partial charge is 0.124 e. The third-order valence-electron chi connectivity index (χ3n) is 2.75. The number of benzene rings is 1. The molecule has 0 atom stereocenters. The van der Waals surface area contributed by atoms with Crippen molar-refractivity contribution in [1.29, 1.82) is 0 Å². The van der Waals surface area contributed by atoms with Crippen LogP contribution < -0.4 is 10.1 Å². The van der Waals surface area contributed by atoms with Gasteiger partial charge >= 0.3 is 0 Å². The first-order chi connectivity index (χ1) is 7.11. The van der Waals surface area contributed by atoms with E-state index in [-0.39, 0.29) is 0 Å². The highest BCUT2D eigenvalue weighted by molar-refractivity contribution is 6.17. The summed E-state index contributed by atoms with van der Waals surface area (Å²) in [6.45, 7) is 7.07. The normalized spacial score (nSPS) is 10.5. The van der Waals surface area contributed by atoms with Gasteiger partial charge in [-0.2, -0.15) is 0 Å². The Kier molecular flexibility index (Phi) is 4.43. The molecule has 1 rings (SSSR count). The van der Waals surface area contributed by atoms with E-state index in [1.54, 1.807) is 7.11 Å². The second-order valence-electron chi connectivity index (χ2n) is 3.70. The first kappa shape index (κ1) is 12.3. The summed E-state index contributed by atoms with van der Waals surface area (Å²) in [4.78, 5) is 0. The van der Waals surface area contributed by atoms with Crippen LogP contribution in [-0.4, -0.2) is 13.1 Å². The van der Waals surface area contributed by atoms with Crippen LogP contribution in [0.4, 0.5) is 0 Å². The Labute approximate surface area is 96.6 Å². The maximum absolute atomic E-state index is 5.61. The molecule has 84 valence electrons. The molecule has 0 heterocycles. The van der Waals surface area contributed by atoms with E-state index < -0.39 is 0 Å². The quantitative estimate of drug-likeness (QED) is 0.631. The van der Waals surface area contributed by atoms with Gasteiger partial charge in [0.15, 0.2) is 0 Å². The van der Waals surface area contributed by atoms with Crippen molar-refractivity contribution in [1.82, 2.24) is 5.32 Å². The molecule has 2 nitrogen and oxygen atoms in total. The molecule has 0 saturated carbocycles. The summed E-state index contributed by atoms with van der Waals surface area (Å²) in [5.74, 6) is 0.988. The molecule has 0 amide bonds. The standard InChI is InChI=1S/C12H18ClNO/c1-8-5-11(6-14-7-13)9(2)10(3)12(8)15-4/h5,14H,6-7H2,1-4H3. The molecular weight excluding hydrogens is 210 g/mol. The van der Waals surface area contributed by atoms with Crippen molar-refractivity contribution in [3.8, 4) is 5.75 Å². The molecule has 1 N–H and O–H groups in total. The third kappa shape index (κ3) is 2.64. The SMILES string of the molecule is COc1c(C)cc(CNCCl)c(C)c1C. The monoisotopic (exact) mass is 227 g/mol. The third-order valence-corrected chi connectivity index (χ3v) is 2.94. The molecular formula is C12H18ClNO. The van der Waals surface area contributed by atoms with Crippen LogP contribution in [0.5, 0.6) is 5.75 Å². The molecule has 0 bridgehead atoms. The van der Waals surface area contributed by atoms with Crippen LogP contribution in [0.2, 0.25) is 0 Å². The molecule has 0 unspecified atom stereocenters. The number of hydrogen-bond acceptors (Lipinski definition) is 2. The summed E-state index contributed by atoms with van der Waals surface area (Å²) in [5.41, 5.74) is 4.94. The highest BCUT2D eigenvalue weighted by Gasteiger charge is 2.09. The first-order valence-corrected chi connectivity index (χ1v) is 5.55. The van der Waals surface area contributed by atoms with Gasteiger partial charge in [-0.25, -0.2) is 0 Å². The van der Waals surface area contributed by atoms with Crippen molar-refractivity contribution in [2.45, 2.75) is 27.3 Å². The Balaban J connectivity index is 3.10. The Morgan fingerprint density at radius 2 is 1.93 bits per heavy atom. The van der Waals surface area contributed by atoms with Crippen LogP contribution >= 0.6 is 11.6 Å². The predicted octanol–water partition coefficient (Wildman–Crippen LogP) is 2.91. The minimum absolute atomic E-state index is 0.476. The van der Waals surface area contributed by atoms with Gasteiger partial charge in [0.25, 0.3) is 0 Å². The fraction of sp³-hybridized carbons (Fsp3) is 0.500. The van der Waals surface area contributed by atoms with Gasteiger partial charge in [0.1, 0.15) is 5.75 Å². The van der Waals surface area contributed by atoms with Crippen molar-refractivity contribution >= 4 is 11.6 Å². The molecule has 15 heavy (non-hydrogen) atoms. The lowest BCUT2D eigenvalue weighted by Gasteiger charge is -2.15. The Hall–Kier alpha value is -0.730. The van der Waals surface area contributed by atoms with Gasteiger partial charge in [0.05, 0.1) is 13.1 Å². The van der Waals surface area contributed by atoms with Crippen LogP contribution in [0.25, 0.3) is 0 Å². The number of halogens is 1. The first-order valence-electron chi connectivity index (χ1n) is 5.02. The lowest BCUT2D eigenvalue weighted by Crippen LogP contribution is -2.12. The minimum atomic E-state index is 0.476. The molecule has 1 aromatic carbocycles. The Morgan fingerprint density at radius 1 is 1.27 bits per heavy atom. The lowest BCUT2D eigenvalue weighted by atomic mass is 9.98. The van der Waals surface area contributed by atoms with E-state index in [0.717, 1.165) is 12.3 Å². The maximum atomic E-state index is 5.61. The van der Waals surface area contributed by atoms with Crippen molar-refractivity contribution in [3.63, 3.8) is 0 Å². The van der Waals surface area contributed by atoms with E-state index in [1.165, 1.54) is 22.3 Å². The van der Waals surface area contributed by atoms with Crippen LogP contribution in [0, 0.1) is 20.8 Å². The van der Waals surface area contributed by atoms with Crippen molar-refractivity contribution in [3.05, 3.63) is 28.3 Å². The summed E-state index contributed by atoms with van der Waals surface area (Å²) in [5, 5.41) is 3.12. The van der Waals surface area contributed by atoms with E-state index in [9.17, 15) is 0 Å². The van der Waals surface area contributed by atoms with Gasteiger partial charge < -0.3 is 4.74 Å². The van der Waals surface area contributed by atoms with Gasteiger partial charge in [-0.3, -0.25) is 5.32 Å². The number of methoxy groups -OCH3 is 1. The fourth-order valence-corrected chi connectivity index (χ4v) is 1.92. The minimum Gasteiger partial charge on any atom is -0.496 e. The Bertz CT molecular complexity index is 350. The molecule has 0 fully saturated rings. The summed E-state index contributed by atoms with van der Waals surface area (Å²) in [6.07, 6.45) is 0. The number of nitrogens with one attached hydrogen (secondary N) is 1. The topological polar surface area (TPSA) is 21.3 Å². The molecule has 0 saturated heterocycles. The maximum Gasteiger partial charge on any atom is 0.124 e. The summed E-state index contributed by atoms with van der Waals surface area (Å²) >= 11 is 5.61. The number of rotatable bonds is 4. The average molecular weight is 228 g/mol. The molecule has 0 aliphatic carbocycles. The van der Waals surface area contributed by atoms with Crippen LogP contribution in [0.3, 0.4) is 0 Å². The van der Waals surface area contributed by atoms with Crippen LogP contribution in [0.1, 0.15) is 22.3 Å². The van der Waals surface area contributed by atoms with Crippen molar-refractivity contribution in [2.75, 3.05) is 13.1 Å². The molecule has 0 aliphatic heterocycles. The van der Waals surface area contributed by atoms with Gasteiger partial charge in [-0.1, -0.05) is 6.07 Å². The number of hydrogen-bond donors (Lipinski definition) is 1. The van der Waals surface area contributed by atoms with E-state index in [4.69, 9.17) is 16.3 Å². The fourth-order valence-electron chi connectivity index (χ4n) is 1.82. The van der Waals surface area contributed by atoms with E-state index in [1.807, 2.05) is 0 Å². The van der Waals surface area contributed by atoms with Gasteiger partial charge in [0.2, 0.25) is 0 Å². The van der Waals surface area contributed by atoms with E-state index in [0.29, 0.717) is 6.00 Å². The van der Waals surface area contributed by atoms with E-state index >= 15 is 0 Å². The van der Waals surface area contributed by atoms with Crippen molar-refractivity contribution in [2.24, 2.45) is 0 Å². The number of aryl methyl sites for hydroxylation is 1. The van der Waals surface area contributed by atoms with Gasteiger partial charge in [0, 0.05) is 6.54 Å². The average Bonchev–Trinajstić information content (AvgIpc) is 2.22. The number of alkyl halides is 1. The van der Waals surface area contributed by atoms with Crippen LogP contribution in [0.15, 0.2) is 6.07 Å². The summed E-state index contributed by atoms with van der Waals surface area (Å²) in [6, 6.07) is 2.63. The lowest BCUT2D eigenvalue weighted by molar-refractivity contribution is 0.408. The second-order valence-corrected chi connectivity index (χ2v) is 3.96. The second kappa shape index (κ2) is 5.38. The molecule has 0 spiro atoms. The molecule has 0 aliphatic rings. The largest absolute Gasteiger partial charge is 0.496 e. The zero-order valence-corrected chi connectivity index (χ0v) is 10.5. The Morgan fingerprint density at radius 3 is 2.47 bits per heavy atom. The predicted molar refractivity (Wildman–Crippen MR) is 64.8 cm³/mol. The summed E-state index contributed by atoms with van der Waals surface area (Å²) < 4.78 is 5.37. The van der Waals surface area contributed by atoms with Gasteiger partial charge in [-0.15, -0.1) is 11.6 Å². The number of ether oxygens (including phenoxy) is 1. The highest BCUT2D eigenvalue weighted by Crippen LogP contribution is 2.28. The van der Waals surface area contributed by atoms with Crippen molar-refractivity contribution < 1.29 is 4.74 Å². The zero-order valence-electron chi connectivity index (χ0n) is 9.78. The zero-order chi connectivity index (χ0) is 11.4. The molecule has 3 heteroatoms. The van der Waals surface area contributed by atoms with Gasteiger partial charge in [-0.05, 0) is 43.0 Å².